The van der Waals surface area contributed by atoms with Crippen LogP contribution in [0.15, 0.2) is 77.8 Å². The number of sulfonamides is 1. The maximum absolute atomic E-state index is 12.0. The Hall–Kier alpha value is -3.12. The van der Waals surface area contributed by atoms with E-state index < -0.39 is 10.0 Å². The second-order valence-corrected chi connectivity index (χ2v) is 9.20. The van der Waals surface area contributed by atoms with Crippen molar-refractivity contribution in [3.05, 3.63) is 83.9 Å². The molecule has 0 bridgehead atoms. The van der Waals surface area contributed by atoms with Crippen LogP contribution >= 0.6 is 0 Å². The number of rotatable bonds is 8. The van der Waals surface area contributed by atoms with Crippen molar-refractivity contribution in [2.75, 3.05) is 10.5 Å². The number of benzene rings is 3. The number of nitrogens with zero attached hydrogens (tertiary/aromatic N) is 1. The zero-order valence-corrected chi connectivity index (χ0v) is 17.7. The topological polar surface area (TPSA) is 67.8 Å². The number of para-hydroxylation sites is 1. The molecule has 1 aliphatic rings. The zero-order valence-electron chi connectivity index (χ0n) is 16.8. The van der Waals surface area contributed by atoms with Gasteiger partial charge in [-0.3, -0.25) is 9.71 Å². The summed E-state index contributed by atoms with van der Waals surface area (Å²) in [5.74, 6) is 1.72. The van der Waals surface area contributed by atoms with Crippen LogP contribution in [-0.4, -0.2) is 19.9 Å². The van der Waals surface area contributed by atoms with Crippen molar-refractivity contribution in [2.24, 2.45) is 4.99 Å². The molecule has 5 nitrogen and oxygen atoms in total. The van der Waals surface area contributed by atoms with Gasteiger partial charge in [0.1, 0.15) is 11.5 Å². The summed E-state index contributed by atoms with van der Waals surface area (Å²) in [6.07, 6.45) is 2.11. The lowest BCUT2D eigenvalue weighted by Gasteiger charge is -2.07. The van der Waals surface area contributed by atoms with E-state index in [1.165, 1.54) is 0 Å². The Morgan fingerprint density at radius 2 is 1.70 bits per heavy atom. The van der Waals surface area contributed by atoms with Crippen LogP contribution < -0.4 is 9.46 Å². The van der Waals surface area contributed by atoms with E-state index in [-0.39, 0.29) is 5.75 Å². The molecule has 6 heteroatoms. The Balaban J connectivity index is 1.41. The highest BCUT2D eigenvalue weighted by Crippen LogP contribution is 2.31. The van der Waals surface area contributed by atoms with Crippen molar-refractivity contribution in [3.8, 4) is 11.5 Å². The minimum atomic E-state index is -3.30. The fourth-order valence-corrected chi connectivity index (χ4v) is 4.57. The van der Waals surface area contributed by atoms with E-state index in [2.05, 4.69) is 4.72 Å². The number of ether oxygens (including phenoxy) is 1. The Morgan fingerprint density at radius 1 is 0.967 bits per heavy atom. The van der Waals surface area contributed by atoms with Crippen LogP contribution in [0.25, 0.3) is 0 Å². The number of anilines is 1. The van der Waals surface area contributed by atoms with Gasteiger partial charge >= 0.3 is 0 Å². The summed E-state index contributed by atoms with van der Waals surface area (Å²) in [6.45, 7) is 1.85. The molecule has 4 rings (SSSR count). The largest absolute Gasteiger partial charge is 0.457 e. The highest BCUT2D eigenvalue weighted by molar-refractivity contribution is 7.92. The third-order valence-corrected chi connectivity index (χ3v) is 6.31. The molecular formula is C24H24N2O3S. The predicted octanol–water partition coefficient (Wildman–Crippen LogP) is 5.50. The van der Waals surface area contributed by atoms with Gasteiger partial charge in [-0.2, -0.15) is 0 Å². The molecule has 1 aliphatic heterocycles. The highest BCUT2D eigenvalue weighted by atomic mass is 32.2. The zero-order chi connectivity index (χ0) is 21.0. The van der Waals surface area contributed by atoms with E-state index in [1.807, 2.05) is 73.7 Å². The van der Waals surface area contributed by atoms with Gasteiger partial charge in [-0.25, -0.2) is 8.42 Å². The van der Waals surface area contributed by atoms with Crippen LogP contribution in [0.4, 0.5) is 11.4 Å². The van der Waals surface area contributed by atoms with Crippen LogP contribution in [0.3, 0.4) is 0 Å². The van der Waals surface area contributed by atoms with Gasteiger partial charge in [0.25, 0.3) is 0 Å². The van der Waals surface area contributed by atoms with Crippen molar-refractivity contribution in [1.82, 2.24) is 0 Å². The normalized spacial score (nSPS) is 12.9. The smallest absolute Gasteiger partial charge is 0.232 e. The standard InChI is InChI=1S/C24H24N2O3S/c1-2-14-30(27,28)26-20-11-10-19-16-21(25-24(19)17-20)15-18-8-12-23(13-9-18)29-22-6-4-3-5-7-22/h3-13,17,26H,2,14-16H2,1H3. The van der Waals surface area contributed by atoms with E-state index in [0.29, 0.717) is 12.1 Å². The lowest BCUT2D eigenvalue weighted by molar-refractivity contribution is 0.482. The van der Waals surface area contributed by atoms with Gasteiger partial charge in [-0.15, -0.1) is 0 Å². The Labute approximate surface area is 177 Å². The number of hydrogen-bond acceptors (Lipinski definition) is 4. The van der Waals surface area contributed by atoms with Crippen molar-refractivity contribution in [3.63, 3.8) is 0 Å². The second-order valence-electron chi connectivity index (χ2n) is 7.36. The molecule has 1 N–H and O–H groups in total. The van der Waals surface area contributed by atoms with Crippen molar-refractivity contribution >= 4 is 27.1 Å². The lowest BCUT2D eigenvalue weighted by Crippen LogP contribution is -2.15. The Kier molecular flexibility index (Phi) is 5.86. The third kappa shape index (κ3) is 5.07. The predicted molar refractivity (Wildman–Crippen MR) is 122 cm³/mol. The minimum absolute atomic E-state index is 0.114. The maximum Gasteiger partial charge on any atom is 0.232 e. The first-order valence-electron chi connectivity index (χ1n) is 10.0. The Morgan fingerprint density at radius 3 is 2.43 bits per heavy atom. The Bertz CT molecular complexity index is 1150. The summed E-state index contributed by atoms with van der Waals surface area (Å²) < 4.78 is 32.4. The monoisotopic (exact) mass is 420 g/mol. The van der Waals surface area contributed by atoms with E-state index in [0.717, 1.165) is 46.9 Å². The van der Waals surface area contributed by atoms with Gasteiger partial charge < -0.3 is 4.74 Å². The van der Waals surface area contributed by atoms with Crippen molar-refractivity contribution in [1.29, 1.82) is 0 Å². The van der Waals surface area contributed by atoms with Gasteiger partial charge in [0.2, 0.25) is 10.0 Å². The summed E-state index contributed by atoms with van der Waals surface area (Å²) in [6, 6.07) is 23.3. The number of nitrogens with one attached hydrogen (secondary N) is 1. The molecule has 0 atom stereocenters. The van der Waals surface area contributed by atoms with Gasteiger partial charge in [0.05, 0.1) is 17.1 Å². The van der Waals surface area contributed by atoms with Crippen LogP contribution in [0.1, 0.15) is 24.5 Å². The van der Waals surface area contributed by atoms with E-state index in [9.17, 15) is 8.42 Å². The molecule has 1 heterocycles. The van der Waals surface area contributed by atoms with Crippen LogP contribution in [-0.2, 0) is 22.9 Å². The molecule has 0 unspecified atom stereocenters. The molecule has 0 fully saturated rings. The average Bonchev–Trinajstić information content (AvgIpc) is 3.11. The van der Waals surface area contributed by atoms with Gasteiger partial charge in [-0.05, 0) is 53.9 Å². The minimum Gasteiger partial charge on any atom is -0.457 e. The molecule has 30 heavy (non-hydrogen) atoms. The van der Waals surface area contributed by atoms with E-state index in [4.69, 9.17) is 9.73 Å². The van der Waals surface area contributed by atoms with Gasteiger partial charge in [0, 0.05) is 18.6 Å². The summed E-state index contributed by atoms with van der Waals surface area (Å²) in [5.41, 5.74) is 4.74. The summed E-state index contributed by atoms with van der Waals surface area (Å²) in [5, 5.41) is 0. The average molecular weight is 421 g/mol. The van der Waals surface area contributed by atoms with E-state index >= 15 is 0 Å². The fraction of sp³-hybridized carbons (Fsp3) is 0.208. The highest BCUT2D eigenvalue weighted by Gasteiger charge is 2.17. The second kappa shape index (κ2) is 8.71. The third-order valence-electron chi connectivity index (χ3n) is 4.82. The molecule has 0 aromatic heterocycles. The number of aliphatic imine (C=N–C) groups is 1. The first-order chi connectivity index (χ1) is 14.5. The summed E-state index contributed by atoms with van der Waals surface area (Å²) in [7, 11) is -3.30. The van der Waals surface area contributed by atoms with Gasteiger partial charge in [0.15, 0.2) is 0 Å². The molecule has 0 amide bonds. The molecule has 0 aliphatic carbocycles. The quantitative estimate of drug-likeness (QED) is 0.523. The first kappa shape index (κ1) is 20.2. The molecule has 0 saturated carbocycles. The molecular weight excluding hydrogens is 396 g/mol. The van der Waals surface area contributed by atoms with Gasteiger partial charge in [-0.1, -0.05) is 43.3 Å². The lowest BCUT2D eigenvalue weighted by atomic mass is 10.0. The number of hydrogen-bond donors (Lipinski definition) is 1. The van der Waals surface area contributed by atoms with Crippen LogP contribution in [0.2, 0.25) is 0 Å². The summed E-state index contributed by atoms with van der Waals surface area (Å²) in [4.78, 5) is 4.72. The fourth-order valence-electron chi connectivity index (χ4n) is 3.45. The first-order valence-corrected chi connectivity index (χ1v) is 11.7. The van der Waals surface area contributed by atoms with Crippen molar-refractivity contribution < 1.29 is 13.2 Å². The maximum atomic E-state index is 12.0. The van der Waals surface area contributed by atoms with Crippen LogP contribution in [0, 0.1) is 0 Å². The number of fused-ring (bicyclic) bond motifs is 1. The molecule has 3 aromatic carbocycles. The van der Waals surface area contributed by atoms with Crippen LogP contribution in [0.5, 0.6) is 11.5 Å². The molecule has 0 saturated heterocycles. The molecule has 3 aromatic rings. The SMILES string of the molecule is CCCS(=O)(=O)Nc1ccc2c(c1)N=C(Cc1ccc(Oc3ccccc3)cc1)C2. The summed E-state index contributed by atoms with van der Waals surface area (Å²) >= 11 is 0. The van der Waals surface area contributed by atoms with E-state index in [1.54, 1.807) is 6.07 Å². The molecule has 0 spiro atoms. The van der Waals surface area contributed by atoms with Crippen molar-refractivity contribution in [2.45, 2.75) is 26.2 Å². The molecule has 0 radical (unpaired) electrons. The molecule has 154 valence electrons.